The molecule has 238 valence electrons. The molecule has 0 radical (unpaired) electrons. The molecule has 7 aromatic carbocycles. The molecule has 3 nitrogen and oxygen atoms in total. The second-order valence-electron chi connectivity index (χ2n) is 12.4. The van der Waals surface area contributed by atoms with Crippen molar-refractivity contribution in [3.05, 3.63) is 187 Å². The number of benzene rings is 7. The lowest BCUT2D eigenvalue weighted by Crippen LogP contribution is -2.00. The maximum atomic E-state index is 4.98. The van der Waals surface area contributed by atoms with Crippen LogP contribution in [0.15, 0.2) is 176 Å². The zero-order valence-corrected chi connectivity index (χ0v) is 26.8. The van der Waals surface area contributed by atoms with Gasteiger partial charge in [0.25, 0.3) is 0 Å². The minimum Gasteiger partial charge on any atom is -0.208 e. The highest BCUT2D eigenvalue weighted by atomic mass is 15.0. The molecule has 0 atom stereocenters. The molecular formula is C47H35N3. The van der Waals surface area contributed by atoms with E-state index >= 15 is 0 Å². The number of hydrogen-bond donors (Lipinski definition) is 0. The molecule has 0 aliphatic heterocycles. The molecule has 0 fully saturated rings. The smallest absolute Gasteiger partial charge is 0.164 e. The Morgan fingerprint density at radius 2 is 0.740 bits per heavy atom. The van der Waals surface area contributed by atoms with Crippen molar-refractivity contribution in [2.75, 3.05) is 0 Å². The van der Waals surface area contributed by atoms with Gasteiger partial charge in [-0.05, 0) is 80.3 Å². The maximum absolute atomic E-state index is 4.98. The van der Waals surface area contributed by atoms with Crippen LogP contribution in [0, 0.1) is 0 Å². The molecule has 1 aliphatic rings. The Balaban J connectivity index is 0.00000361. The van der Waals surface area contributed by atoms with Gasteiger partial charge in [0, 0.05) is 16.7 Å². The fraction of sp³-hybridized carbons (Fsp3) is 0.0426. The quantitative estimate of drug-likeness (QED) is 0.181. The summed E-state index contributed by atoms with van der Waals surface area (Å²) in [7, 11) is 0. The first-order chi connectivity index (χ1) is 24.3. The summed E-state index contributed by atoms with van der Waals surface area (Å²) >= 11 is 0. The van der Waals surface area contributed by atoms with Gasteiger partial charge in [0.05, 0.1) is 0 Å². The summed E-state index contributed by atoms with van der Waals surface area (Å²) in [5, 5.41) is 0. The Morgan fingerprint density at radius 3 is 1.38 bits per heavy atom. The first-order valence-electron chi connectivity index (χ1n) is 16.7. The number of aromatic nitrogens is 3. The van der Waals surface area contributed by atoms with Gasteiger partial charge in [-0.25, -0.2) is 15.0 Å². The minimum absolute atomic E-state index is 0. The van der Waals surface area contributed by atoms with Crippen LogP contribution in [-0.2, 0) is 6.42 Å². The molecule has 0 unspecified atom stereocenters. The Bertz CT molecular complexity index is 2390. The van der Waals surface area contributed by atoms with Gasteiger partial charge in [0.15, 0.2) is 17.5 Å². The Hall–Kier alpha value is -6.45. The topological polar surface area (TPSA) is 38.7 Å². The lowest BCUT2D eigenvalue weighted by molar-refractivity contribution is 1.07. The summed E-state index contributed by atoms with van der Waals surface area (Å²) in [4.78, 5) is 14.8. The molecule has 1 heterocycles. The van der Waals surface area contributed by atoms with E-state index in [1.807, 2.05) is 60.7 Å². The molecule has 8 aromatic rings. The Kier molecular flexibility index (Phi) is 8.16. The Labute approximate surface area is 293 Å². The number of fused-ring (bicyclic) bond motifs is 3. The highest BCUT2D eigenvalue weighted by Crippen LogP contribution is 2.44. The van der Waals surface area contributed by atoms with Gasteiger partial charge in [0.2, 0.25) is 0 Å². The van der Waals surface area contributed by atoms with Crippen LogP contribution in [0.5, 0.6) is 0 Å². The van der Waals surface area contributed by atoms with Crippen molar-refractivity contribution in [2.24, 2.45) is 0 Å². The first-order valence-corrected chi connectivity index (χ1v) is 16.7. The number of hydrogen-bond acceptors (Lipinski definition) is 3. The van der Waals surface area contributed by atoms with Crippen LogP contribution in [0.3, 0.4) is 0 Å². The molecule has 9 rings (SSSR count). The minimum atomic E-state index is 0. The van der Waals surface area contributed by atoms with Crippen molar-refractivity contribution in [1.29, 1.82) is 0 Å². The van der Waals surface area contributed by atoms with E-state index in [4.69, 9.17) is 15.0 Å². The fourth-order valence-corrected chi connectivity index (χ4v) is 6.92. The van der Waals surface area contributed by atoms with Gasteiger partial charge in [-0.2, -0.15) is 0 Å². The lowest BCUT2D eigenvalue weighted by atomic mass is 9.94. The van der Waals surface area contributed by atoms with Crippen molar-refractivity contribution in [1.82, 2.24) is 15.0 Å². The van der Waals surface area contributed by atoms with Gasteiger partial charge >= 0.3 is 0 Å². The predicted octanol–water partition coefficient (Wildman–Crippen LogP) is 12.1. The van der Waals surface area contributed by atoms with Crippen LogP contribution in [0.2, 0.25) is 0 Å². The number of nitrogens with zero attached hydrogens (tertiary/aromatic N) is 3. The molecule has 1 aliphatic carbocycles. The summed E-state index contributed by atoms with van der Waals surface area (Å²) in [5.74, 6) is 1.99. The molecule has 0 bridgehead atoms. The second-order valence-corrected chi connectivity index (χ2v) is 12.4. The van der Waals surface area contributed by atoms with Crippen molar-refractivity contribution in [2.45, 2.75) is 13.8 Å². The zero-order valence-electron chi connectivity index (χ0n) is 26.8. The van der Waals surface area contributed by atoms with Crippen molar-refractivity contribution in [3.63, 3.8) is 0 Å². The monoisotopic (exact) mass is 641 g/mol. The molecule has 0 saturated carbocycles. The van der Waals surface area contributed by atoms with Crippen molar-refractivity contribution < 1.29 is 0 Å². The van der Waals surface area contributed by atoms with Crippen LogP contribution in [0.1, 0.15) is 18.6 Å². The molecule has 3 heteroatoms. The van der Waals surface area contributed by atoms with E-state index in [0.717, 1.165) is 28.7 Å². The third kappa shape index (κ3) is 5.80. The standard InChI is InChI=1S/C46H31N3.CH4/c1-4-13-31(14-5-1)34-19-10-20-35(27-34)36-25-26-38-30-43-40(23-12-24-41(43)42(38)29-36)37-21-11-22-39(28-37)46-48-44(32-15-6-2-7-16-32)47-45(49-46)33-17-8-3-9-18-33;/h1-29H,30H2;1H4. The summed E-state index contributed by atoms with van der Waals surface area (Å²) < 4.78 is 0. The number of rotatable bonds is 6. The highest BCUT2D eigenvalue weighted by Gasteiger charge is 2.23. The van der Waals surface area contributed by atoms with Crippen LogP contribution >= 0.6 is 0 Å². The Morgan fingerprint density at radius 1 is 0.300 bits per heavy atom. The zero-order chi connectivity index (χ0) is 32.6. The van der Waals surface area contributed by atoms with Gasteiger partial charge in [-0.15, -0.1) is 0 Å². The van der Waals surface area contributed by atoms with Crippen LogP contribution < -0.4 is 0 Å². The molecule has 1 aromatic heterocycles. The molecule has 0 saturated heterocycles. The predicted molar refractivity (Wildman–Crippen MR) is 207 cm³/mol. The van der Waals surface area contributed by atoms with Crippen LogP contribution in [-0.4, -0.2) is 15.0 Å². The molecule has 0 spiro atoms. The van der Waals surface area contributed by atoms with E-state index in [1.165, 1.54) is 50.1 Å². The van der Waals surface area contributed by atoms with E-state index in [-0.39, 0.29) is 7.43 Å². The van der Waals surface area contributed by atoms with Crippen molar-refractivity contribution in [3.8, 4) is 78.7 Å². The van der Waals surface area contributed by atoms with E-state index in [1.54, 1.807) is 0 Å². The van der Waals surface area contributed by atoms with Gasteiger partial charge < -0.3 is 0 Å². The summed E-state index contributed by atoms with van der Waals surface area (Å²) in [6.45, 7) is 0. The molecular weight excluding hydrogens is 607 g/mol. The fourth-order valence-electron chi connectivity index (χ4n) is 6.92. The third-order valence-corrected chi connectivity index (χ3v) is 9.38. The van der Waals surface area contributed by atoms with Gasteiger partial charge in [-0.1, -0.05) is 165 Å². The van der Waals surface area contributed by atoms with E-state index in [0.29, 0.717) is 17.5 Å². The summed E-state index contributed by atoms with van der Waals surface area (Å²) in [6, 6.07) is 61.9. The SMILES string of the molecule is C.c1ccc(-c2cccc(-c3ccc4c(c3)-c3cccc(-c5cccc(-c6nc(-c7ccccc7)nc(-c7ccccc7)n6)c5)c3C4)c2)cc1. The van der Waals surface area contributed by atoms with Crippen LogP contribution in [0.25, 0.3) is 78.7 Å². The van der Waals surface area contributed by atoms with E-state index < -0.39 is 0 Å². The first kappa shape index (κ1) is 30.9. The molecule has 0 amide bonds. The van der Waals surface area contributed by atoms with E-state index in [9.17, 15) is 0 Å². The van der Waals surface area contributed by atoms with Crippen LogP contribution in [0.4, 0.5) is 0 Å². The maximum Gasteiger partial charge on any atom is 0.164 e. The average Bonchev–Trinajstić information content (AvgIpc) is 3.57. The molecule has 0 N–H and O–H groups in total. The lowest BCUT2D eigenvalue weighted by Gasteiger charge is -2.12. The third-order valence-electron chi connectivity index (χ3n) is 9.38. The average molecular weight is 642 g/mol. The highest BCUT2D eigenvalue weighted by molar-refractivity contribution is 5.88. The van der Waals surface area contributed by atoms with Gasteiger partial charge in [0.1, 0.15) is 0 Å². The second kappa shape index (κ2) is 13.2. The van der Waals surface area contributed by atoms with E-state index in [2.05, 4.69) is 115 Å². The summed E-state index contributed by atoms with van der Waals surface area (Å²) in [5.41, 5.74) is 15.5. The largest absolute Gasteiger partial charge is 0.208 e. The summed E-state index contributed by atoms with van der Waals surface area (Å²) in [6.07, 6.45) is 0.900. The van der Waals surface area contributed by atoms with Crippen molar-refractivity contribution >= 4 is 0 Å². The van der Waals surface area contributed by atoms with Gasteiger partial charge in [-0.3, -0.25) is 0 Å². The molecule has 50 heavy (non-hydrogen) atoms. The normalized spacial score (nSPS) is 11.4.